The van der Waals surface area contributed by atoms with Gasteiger partial charge in [0.1, 0.15) is 44.4 Å². The first-order valence-electron chi connectivity index (χ1n) is 53.5. The fourth-order valence-electron chi connectivity index (χ4n) is 14.9. The molecule has 0 aromatic heterocycles. The van der Waals surface area contributed by atoms with Crippen molar-refractivity contribution < 1.29 is 117 Å². The number of carboxylic acid groups (broad SMARTS) is 1. The molecule has 0 rings (SSSR count). The number of aliphatic hydroxyl groups is 3. The summed E-state index contributed by atoms with van der Waals surface area (Å²) in [6.45, 7) is 11.6. The largest absolute Gasteiger partial charge is 1.00 e. The molecule has 0 unspecified atom stereocenters. The van der Waals surface area contributed by atoms with Gasteiger partial charge < -0.3 is 45.1 Å². The number of hydrogen-bond acceptors (Lipinski definition) is 17. The van der Waals surface area contributed by atoms with E-state index in [1.165, 1.54) is 417 Å². The minimum Gasteiger partial charge on any atom is -1.00 e. The number of Topliss-reactive ketones (excluding diaryl/α,β-unsaturated/α-hetero) is 2. The van der Waals surface area contributed by atoms with E-state index in [9.17, 15) is 43.5 Å². The van der Waals surface area contributed by atoms with Crippen LogP contribution in [0.15, 0.2) is 0 Å². The average molecular weight is 2010 g/mol. The van der Waals surface area contributed by atoms with Crippen LogP contribution in [0.1, 0.15) is 597 Å². The van der Waals surface area contributed by atoms with E-state index in [-0.39, 0.29) is 116 Å². The van der Waals surface area contributed by atoms with Crippen molar-refractivity contribution >= 4 is 110 Å². The number of alkyl halides is 1. The summed E-state index contributed by atoms with van der Waals surface area (Å²) >= 11 is 9.59. The van der Waals surface area contributed by atoms with Gasteiger partial charge in [-0.05, 0) is 38.5 Å². The molecule has 0 aliphatic heterocycles. The number of aliphatic carboxylic acids is 1. The van der Waals surface area contributed by atoms with Gasteiger partial charge in [0, 0.05) is 74.7 Å². The molecule has 0 aliphatic carbocycles. The quantitative estimate of drug-likeness (QED) is 0.0110. The molecule has 3 radical (unpaired) electrons. The minimum absolute atomic E-state index is 0. The van der Waals surface area contributed by atoms with E-state index in [1.54, 1.807) is 0 Å². The smallest absolute Gasteiger partial charge is 1.00 e. The van der Waals surface area contributed by atoms with Gasteiger partial charge in [0.25, 0.3) is 0 Å². The van der Waals surface area contributed by atoms with Crippen LogP contribution in [0.2, 0.25) is 0 Å². The number of rotatable bonds is 94. The molecule has 0 heterocycles. The van der Waals surface area contributed by atoms with Gasteiger partial charge >= 0.3 is 65.4 Å². The monoisotopic (exact) mass is 2010 g/mol. The predicted octanol–water partition coefficient (Wildman–Crippen LogP) is 31.2. The fraction of sp³-hybridized carbons (Fsp3) is 0.926. The molecule has 0 saturated heterocycles. The molecular weight excluding hydrogens is 1790 g/mol. The van der Waals surface area contributed by atoms with Crippen molar-refractivity contribution in [2.45, 2.75) is 602 Å². The van der Waals surface area contributed by atoms with Gasteiger partial charge in [-0.2, -0.15) is 0 Å². The molecule has 0 aliphatic rings. The van der Waals surface area contributed by atoms with Crippen molar-refractivity contribution in [3.05, 3.63) is 0 Å². The number of ether oxygens (including phenoxy) is 4. The van der Waals surface area contributed by atoms with Crippen LogP contribution in [0.25, 0.3) is 0 Å². The Kier molecular flexibility index (Phi) is 166. The molecule has 0 saturated carbocycles. The van der Waals surface area contributed by atoms with Crippen LogP contribution >= 0.6 is 44.8 Å². The number of hydrogen-bond donors (Lipinski definition) is 4. The molecule has 793 valence electrons. The van der Waals surface area contributed by atoms with Crippen molar-refractivity contribution in [2.24, 2.45) is 0 Å². The molecule has 0 fully saturated rings. The van der Waals surface area contributed by atoms with E-state index in [2.05, 4.69) is 78.8 Å². The molecule has 4 N–H and O–H groups in total. The summed E-state index contributed by atoms with van der Waals surface area (Å²) in [6, 6.07) is 0. The first-order chi connectivity index (χ1) is 62.8. The number of carboxylic acids is 1. The molecule has 0 aromatic carbocycles. The van der Waals surface area contributed by atoms with Gasteiger partial charge in [0.05, 0.1) is 0 Å². The molecular formula is C108H215BCl4NaO18S. The Morgan fingerprint density at radius 2 is 0.398 bits per heavy atom. The van der Waals surface area contributed by atoms with E-state index in [0.717, 1.165) is 89.9 Å². The summed E-state index contributed by atoms with van der Waals surface area (Å²) in [7, 11) is 7.36. The van der Waals surface area contributed by atoms with Gasteiger partial charge in [-0.15, -0.1) is 11.6 Å². The van der Waals surface area contributed by atoms with Crippen LogP contribution in [0.5, 0.6) is 0 Å². The van der Waals surface area contributed by atoms with Gasteiger partial charge in [0.15, 0.2) is 19.0 Å². The Balaban J connectivity index is -0.000000147. The maximum atomic E-state index is 11.9. The normalized spacial score (nSPS) is 10.4. The van der Waals surface area contributed by atoms with Crippen LogP contribution in [0.4, 0.5) is 0 Å². The fourth-order valence-corrected chi connectivity index (χ4v) is 15.0. The molecule has 25 heteroatoms. The third kappa shape index (κ3) is 164. The molecule has 0 aromatic rings. The number of halogens is 4. The van der Waals surface area contributed by atoms with Crippen molar-refractivity contribution in [1.29, 1.82) is 0 Å². The molecule has 0 amide bonds. The molecule has 0 atom stereocenters. The number of esters is 4. The number of carbonyl (C=O) groups is 8. The first kappa shape index (κ1) is 154. The Morgan fingerprint density at radius 3 is 0.534 bits per heavy atom. The number of ketones is 2. The third-order valence-corrected chi connectivity index (χ3v) is 23.2. The zero-order chi connectivity index (χ0) is 96.9. The van der Waals surface area contributed by atoms with Crippen molar-refractivity contribution in [2.75, 3.05) is 46.0 Å². The van der Waals surface area contributed by atoms with E-state index in [1.807, 2.05) is 0 Å². The standard InChI is InChI=1S/C35H68O5.C35H66O5.C16H31ClO2.C16H32O2.C3H6O3.CH3Cl.2CH4.B.Cl2OS.Na.H/c2*1-3-5-7-9-11-13-15-17-19-21-23-25-27-29-34(37)39-31-33(36)32-40-35(38)30-28-26-24-22-20-18-16-14-12-10-8-6-4-2;1-2-3-4-5-6-7-8-9-10-11-12-13-14-15-16(18)19-17;1-2-3-4-5-6-7-8-9-10-11-12-13-14-15-16(17)18;4-1-3(6)2-5;1-2;;;;1-4(2)3;;/h33,36H,3-32H2,1-2H3;3-32H2,1-2H3;2-15H2,1H3;2-15H2,1H3,(H,17,18);4-5H,1-2H2;1H3;2*1H4;;;;/q;;;;;;;;;;+1;-1. The second-order valence-electron chi connectivity index (χ2n) is 35.7. The maximum Gasteiger partial charge on any atom is 1.00 e. The van der Waals surface area contributed by atoms with Crippen LogP contribution in [-0.4, -0.2) is 133 Å². The molecule has 133 heavy (non-hydrogen) atoms. The van der Waals surface area contributed by atoms with E-state index < -0.39 is 40.3 Å². The SMILES string of the molecule is C.C.CCCCCCCCCCCCCCCC(=O)O.CCCCCCCCCCCCCCCC(=O)OCC(=O)COC(=O)CCCCCCCCCCCCCCC.CCCCCCCCCCCCCCCC(=O)OCC(O)COC(=O)CCCCCCCCCCCCCCC.CCCCCCCCCCCCCCCC(=O)OCl.CCl.O=C(CO)CO.O=S(Cl)Cl.[B].[H-].[Na+]. The van der Waals surface area contributed by atoms with Gasteiger partial charge in [0.2, 0.25) is 15.0 Å². The average Bonchev–Trinajstić information content (AvgIpc) is 0.990. The van der Waals surface area contributed by atoms with Crippen LogP contribution < -0.4 is 29.6 Å². The Morgan fingerprint density at radius 1 is 0.263 bits per heavy atom. The van der Waals surface area contributed by atoms with Gasteiger partial charge in [-0.3, -0.25) is 38.4 Å². The predicted molar refractivity (Wildman–Crippen MR) is 567 cm³/mol. The summed E-state index contributed by atoms with van der Waals surface area (Å²) in [5, 5.41) is 34.1. The molecule has 0 bridgehead atoms. The summed E-state index contributed by atoms with van der Waals surface area (Å²) in [6.07, 6.45) is 103. The zero-order valence-corrected chi connectivity index (χ0v) is 92.1. The Bertz CT molecular complexity index is 2200. The summed E-state index contributed by atoms with van der Waals surface area (Å²) in [5.74, 6) is -3.10. The zero-order valence-electron chi connectivity index (χ0n) is 87.2. The topological polar surface area (TPSA) is 281 Å². The van der Waals surface area contributed by atoms with Crippen molar-refractivity contribution in [3.63, 3.8) is 0 Å². The van der Waals surface area contributed by atoms with Crippen LogP contribution in [0, 0.1) is 0 Å². The maximum absolute atomic E-state index is 11.9. The van der Waals surface area contributed by atoms with Crippen LogP contribution in [0.3, 0.4) is 0 Å². The van der Waals surface area contributed by atoms with E-state index >= 15 is 0 Å². The van der Waals surface area contributed by atoms with Gasteiger partial charge in [-0.1, -0.05) is 519 Å². The van der Waals surface area contributed by atoms with Crippen molar-refractivity contribution in [1.82, 2.24) is 0 Å². The summed E-state index contributed by atoms with van der Waals surface area (Å²) in [4.78, 5) is 90.1. The van der Waals surface area contributed by atoms with Crippen LogP contribution in [-0.2, 0) is 70.8 Å². The summed E-state index contributed by atoms with van der Waals surface area (Å²) < 4.78 is 33.6. The van der Waals surface area contributed by atoms with E-state index in [0.29, 0.717) is 38.5 Å². The first-order valence-corrected chi connectivity index (χ1v) is 57.4. The Labute approximate surface area is 868 Å². The molecule has 18 nitrogen and oxygen atoms in total. The van der Waals surface area contributed by atoms with E-state index in [4.69, 9.17) is 50.3 Å². The summed E-state index contributed by atoms with van der Waals surface area (Å²) in [5.41, 5.74) is 0. The second-order valence-corrected chi connectivity index (χ2v) is 38.4. The second kappa shape index (κ2) is 143. The Hall–Kier alpha value is -1.59. The molecule has 0 spiro atoms. The number of aliphatic hydroxyl groups excluding tert-OH is 3. The van der Waals surface area contributed by atoms with Crippen molar-refractivity contribution in [3.8, 4) is 0 Å². The van der Waals surface area contributed by atoms with Gasteiger partial charge in [-0.25, -0.2) is 4.21 Å². The minimum atomic E-state index is -1.67. The third-order valence-electron chi connectivity index (χ3n) is 23.0. The number of carbonyl (C=O) groups excluding carboxylic acids is 7. The number of unbranched alkanes of at least 4 members (excludes halogenated alkanes) is 72.